The summed E-state index contributed by atoms with van der Waals surface area (Å²) in [6.07, 6.45) is 2.97. The lowest BCUT2D eigenvalue weighted by atomic mass is 10.2. The lowest BCUT2D eigenvalue weighted by Crippen LogP contribution is -1.86. The molecule has 108 valence electrons. The largest absolute Gasteiger partial charge is 0.349 e. The molecule has 0 aliphatic carbocycles. The summed E-state index contributed by atoms with van der Waals surface area (Å²) in [7, 11) is 0. The van der Waals surface area contributed by atoms with E-state index in [0.29, 0.717) is 33.1 Å². The van der Waals surface area contributed by atoms with Crippen molar-refractivity contribution in [1.82, 2.24) is 25.1 Å². The van der Waals surface area contributed by atoms with Crippen molar-refractivity contribution in [2.45, 2.75) is 0 Å². The first-order valence-electron chi connectivity index (χ1n) is 6.29. The Morgan fingerprint density at radius 3 is 2.95 bits per heavy atom. The Balaban J connectivity index is 1.83. The number of aromatic nitrogens is 5. The molecule has 0 amide bonds. The minimum absolute atomic E-state index is 0.204. The van der Waals surface area contributed by atoms with Crippen molar-refractivity contribution in [3.8, 4) is 23.1 Å². The van der Waals surface area contributed by atoms with E-state index in [1.54, 1.807) is 18.3 Å². The van der Waals surface area contributed by atoms with Crippen molar-refractivity contribution in [2.24, 2.45) is 0 Å². The van der Waals surface area contributed by atoms with Crippen LogP contribution >= 0.6 is 11.6 Å². The van der Waals surface area contributed by atoms with Crippen LogP contribution in [0.25, 0.3) is 34.0 Å². The van der Waals surface area contributed by atoms with E-state index in [2.05, 4.69) is 25.1 Å². The lowest BCUT2D eigenvalue weighted by molar-refractivity contribution is 0.431. The number of nitrogens with one attached hydrogen (secondary N) is 1. The van der Waals surface area contributed by atoms with Gasteiger partial charge in [-0.05, 0) is 24.3 Å². The highest BCUT2D eigenvalue weighted by Crippen LogP contribution is 2.34. The van der Waals surface area contributed by atoms with Gasteiger partial charge in [-0.3, -0.25) is 0 Å². The molecule has 1 aromatic carbocycles. The van der Waals surface area contributed by atoms with Crippen LogP contribution in [0, 0.1) is 5.82 Å². The van der Waals surface area contributed by atoms with E-state index in [-0.39, 0.29) is 11.7 Å². The van der Waals surface area contributed by atoms with Gasteiger partial charge in [-0.1, -0.05) is 16.8 Å². The quantitative estimate of drug-likeness (QED) is 0.612. The summed E-state index contributed by atoms with van der Waals surface area (Å²) in [6, 6.07) is 5.96. The molecule has 8 heteroatoms. The van der Waals surface area contributed by atoms with E-state index in [0.717, 1.165) is 0 Å². The molecule has 3 heterocycles. The maximum Gasteiger partial charge on any atom is 0.276 e. The fourth-order valence-corrected chi connectivity index (χ4v) is 2.42. The number of aromatic amines is 1. The van der Waals surface area contributed by atoms with Crippen LogP contribution in [0.5, 0.6) is 0 Å². The van der Waals surface area contributed by atoms with Crippen molar-refractivity contribution in [3.63, 3.8) is 0 Å². The molecule has 4 aromatic rings. The van der Waals surface area contributed by atoms with E-state index in [1.807, 2.05) is 0 Å². The zero-order valence-corrected chi connectivity index (χ0v) is 11.7. The topological polar surface area (TPSA) is 80.5 Å². The van der Waals surface area contributed by atoms with E-state index >= 15 is 0 Å². The summed E-state index contributed by atoms with van der Waals surface area (Å²) in [5.41, 5.74) is 1.65. The zero-order chi connectivity index (χ0) is 15.1. The van der Waals surface area contributed by atoms with Gasteiger partial charge in [0, 0.05) is 17.1 Å². The normalized spacial score (nSPS) is 11.2. The van der Waals surface area contributed by atoms with E-state index < -0.39 is 0 Å². The molecule has 1 N–H and O–H groups in total. The van der Waals surface area contributed by atoms with Crippen LogP contribution in [-0.4, -0.2) is 25.1 Å². The Bertz CT molecular complexity index is 966. The van der Waals surface area contributed by atoms with Crippen LogP contribution in [0.4, 0.5) is 4.39 Å². The highest BCUT2D eigenvalue weighted by molar-refractivity contribution is 6.38. The molecule has 0 radical (unpaired) electrons. The maximum absolute atomic E-state index is 13.3. The van der Waals surface area contributed by atoms with Gasteiger partial charge < -0.3 is 9.51 Å². The predicted octanol–water partition coefficient (Wildman–Crippen LogP) is 3.47. The van der Waals surface area contributed by atoms with Gasteiger partial charge in [-0.25, -0.2) is 14.4 Å². The predicted molar refractivity (Wildman–Crippen MR) is 77.6 cm³/mol. The Morgan fingerprint density at radius 1 is 1.23 bits per heavy atom. The van der Waals surface area contributed by atoms with Crippen LogP contribution < -0.4 is 0 Å². The second kappa shape index (κ2) is 4.88. The summed E-state index contributed by atoms with van der Waals surface area (Å²) in [6.45, 7) is 0. The van der Waals surface area contributed by atoms with Crippen LogP contribution in [0.2, 0.25) is 5.02 Å². The first kappa shape index (κ1) is 12.9. The number of benzene rings is 1. The average molecular weight is 316 g/mol. The van der Waals surface area contributed by atoms with Crippen LogP contribution in [0.15, 0.2) is 41.3 Å². The fourth-order valence-electron chi connectivity index (χ4n) is 2.13. The molecule has 0 spiro atoms. The Labute approximate surface area is 128 Å². The van der Waals surface area contributed by atoms with Crippen molar-refractivity contribution < 1.29 is 8.91 Å². The highest BCUT2D eigenvalue weighted by atomic mass is 35.5. The third kappa shape index (κ3) is 2.03. The molecular weight excluding hydrogens is 309 g/mol. The summed E-state index contributed by atoms with van der Waals surface area (Å²) in [4.78, 5) is 15.2. The molecule has 22 heavy (non-hydrogen) atoms. The summed E-state index contributed by atoms with van der Waals surface area (Å²) in [5, 5.41) is 4.74. The molecule has 0 saturated heterocycles. The molecule has 0 unspecified atom stereocenters. The lowest BCUT2D eigenvalue weighted by Gasteiger charge is -1.90. The smallest absolute Gasteiger partial charge is 0.276 e. The summed E-state index contributed by atoms with van der Waals surface area (Å²) >= 11 is 6.27. The van der Waals surface area contributed by atoms with Gasteiger partial charge in [0.1, 0.15) is 23.5 Å². The van der Waals surface area contributed by atoms with Crippen molar-refractivity contribution in [2.75, 3.05) is 0 Å². The Hall–Kier alpha value is -2.80. The maximum atomic E-state index is 13.3. The van der Waals surface area contributed by atoms with Gasteiger partial charge in [0.05, 0.1) is 5.02 Å². The molecule has 0 aliphatic heterocycles. The molecule has 0 saturated carbocycles. The standard InChI is InChI=1S/C14H7ClFN5O/c15-11-8-5-7(16)1-2-9(8)19-12(11)14-20-13(21-22-14)10-3-4-17-6-18-10/h1-6,19H. The Kier molecular flexibility index (Phi) is 2.87. The van der Waals surface area contributed by atoms with Crippen LogP contribution in [0.1, 0.15) is 0 Å². The van der Waals surface area contributed by atoms with Crippen molar-refractivity contribution in [1.29, 1.82) is 0 Å². The monoisotopic (exact) mass is 315 g/mol. The van der Waals surface area contributed by atoms with Gasteiger partial charge in [-0.2, -0.15) is 4.98 Å². The van der Waals surface area contributed by atoms with Crippen molar-refractivity contribution >= 4 is 22.5 Å². The minimum atomic E-state index is -0.368. The van der Waals surface area contributed by atoms with Gasteiger partial charge in [0.2, 0.25) is 5.82 Å². The minimum Gasteiger partial charge on any atom is -0.349 e. The first-order chi connectivity index (χ1) is 10.7. The average Bonchev–Trinajstić information content (AvgIpc) is 3.14. The van der Waals surface area contributed by atoms with Gasteiger partial charge in [0.15, 0.2) is 0 Å². The van der Waals surface area contributed by atoms with Crippen LogP contribution in [-0.2, 0) is 0 Å². The zero-order valence-electron chi connectivity index (χ0n) is 10.9. The Morgan fingerprint density at radius 2 is 2.14 bits per heavy atom. The summed E-state index contributed by atoms with van der Waals surface area (Å²) < 4.78 is 18.5. The number of rotatable bonds is 2. The molecule has 0 fully saturated rings. The molecule has 6 nitrogen and oxygen atoms in total. The fraction of sp³-hybridized carbons (Fsp3) is 0. The number of hydrogen-bond donors (Lipinski definition) is 1. The molecule has 3 aromatic heterocycles. The molecule has 0 bridgehead atoms. The number of nitrogens with zero attached hydrogens (tertiary/aromatic N) is 4. The van der Waals surface area contributed by atoms with Gasteiger partial charge in [-0.15, -0.1) is 0 Å². The first-order valence-corrected chi connectivity index (χ1v) is 6.67. The van der Waals surface area contributed by atoms with Gasteiger partial charge >= 0.3 is 0 Å². The van der Waals surface area contributed by atoms with E-state index in [1.165, 1.54) is 18.5 Å². The SMILES string of the molecule is Fc1ccc2[nH]c(-c3nc(-c4ccncn4)no3)c(Cl)c2c1. The molecule has 0 atom stereocenters. The summed E-state index contributed by atoms with van der Waals surface area (Å²) in [5.74, 6) is 0.153. The third-order valence-corrected chi connectivity index (χ3v) is 3.54. The second-order valence-corrected chi connectivity index (χ2v) is 4.90. The highest BCUT2D eigenvalue weighted by Gasteiger charge is 2.18. The van der Waals surface area contributed by atoms with Crippen molar-refractivity contribution in [3.05, 3.63) is 47.6 Å². The number of hydrogen-bond acceptors (Lipinski definition) is 5. The second-order valence-electron chi connectivity index (χ2n) is 4.52. The van der Waals surface area contributed by atoms with E-state index in [4.69, 9.17) is 16.1 Å². The third-order valence-electron chi connectivity index (χ3n) is 3.15. The van der Waals surface area contributed by atoms with E-state index in [9.17, 15) is 4.39 Å². The molecule has 4 rings (SSSR count). The molecule has 0 aliphatic rings. The number of fused-ring (bicyclic) bond motifs is 1. The number of H-pyrrole nitrogens is 1. The molecular formula is C14H7ClFN5O. The van der Waals surface area contributed by atoms with Gasteiger partial charge in [0.25, 0.3) is 5.89 Å². The van der Waals surface area contributed by atoms with Crippen LogP contribution in [0.3, 0.4) is 0 Å². The number of halogens is 2.